The van der Waals surface area contributed by atoms with Gasteiger partial charge in [-0.15, -0.1) is 16.8 Å². The molecule has 2 heterocycles. The van der Waals surface area contributed by atoms with Crippen LogP contribution < -0.4 is 4.74 Å². The van der Waals surface area contributed by atoms with Gasteiger partial charge in [0.1, 0.15) is 17.1 Å². The molecule has 4 rings (SSSR count). The first-order valence-electron chi connectivity index (χ1n) is 12.2. The maximum atomic E-state index is 14.7. The topological polar surface area (TPSA) is 113 Å². The van der Waals surface area contributed by atoms with Crippen LogP contribution in [0.2, 0.25) is 0 Å². The van der Waals surface area contributed by atoms with Crippen molar-refractivity contribution in [3.8, 4) is 23.2 Å². The molecule has 0 aliphatic rings. The molecule has 0 spiro atoms. The normalized spacial score (nSPS) is 13.4. The maximum Gasteiger partial charge on any atom is 0.426 e. The lowest BCUT2D eigenvalue weighted by atomic mass is 9.96. The highest BCUT2D eigenvalue weighted by Gasteiger charge is 2.61. The van der Waals surface area contributed by atoms with Crippen LogP contribution in [0.4, 0.5) is 36.4 Å². The smallest absolute Gasteiger partial charge is 0.426 e. The standard InChI is InChI=1S/C27H18F7IN4O5/c1-2-3-9-25(27(32,33)34,42-14-15-7-5-4-6-8-15)24-38-37-23(44-24)21-20(39(40)41)13-19(26(29,30)31)22(36-21)43-18-11-16(28)10-17(35)12-18/h2,4-8,10-13H,1,3,9,14H2. The molecule has 0 aliphatic carbocycles. The first-order valence-corrected chi connectivity index (χ1v) is 13.3. The third-order valence-corrected chi connectivity index (χ3v) is 6.60. The lowest BCUT2D eigenvalue weighted by Gasteiger charge is -2.32. The average Bonchev–Trinajstić information content (AvgIpc) is 3.42. The highest BCUT2D eigenvalue weighted by Crippen LogP contribution is 2.47. The van der Waals surface area contributed by atoms with Crippen molar-refractivity contribution in [2.24, 2.45) is 0 Å². The number of nitro groups is 1. The Kier molecular flexibility index (Phi) is 9.57. The number of hydrogen-bond acceptors (Lipinski definition) is 8. The molecule has 0 aliphatic heterocycles. The van der Waals surface area contributed by atoms with Crippen LogP contribution in [0.15, 0.2) is 71.7 Å². The van der Waals surface area contributed by atoms with Crippen LogP contribution in [0.1, 0.15) is 29.9 Å². The van der Waals surface area contributed by atoms with Crippen molar-refractivity contribution in [2.75, 3.05) is 0 Å². The molecule has 232 valence electrons. The van der Waals surface area contributed by atoms with Crippen LogP contribution in [0.5, 0.6) is 11.6 Å². The highest BCUT2D eigenvalue weighted by atomic mass is 127. The van der Waals surface area contributed by atoms with Crippen molar-refractivity contribution in [3.05, 3.63) is 104 Å². The van der Waals surface area contributed by atoms with Gasteiger partial charge in [0.25, 0.3) is 11.8 Å². The van der Waals surface area contributed by atoms with E-state index in [1.807, 2.05) is 0 Å². The predicted molar refractivity (Wildman–Crippen MR) is 147 cm³/mol. The van der Waals surface area contributed by atoms with Crippen LogP contribution in [0.3, 0.4) is 0 Å². The van der Waals surface area contributed by atoms with Gasteiger partial charge in [-0.25, -0.2) is 9.37 Å². The number of rotatable bonds is 11. The molecule has 0 saturated carbocycles. The zero-order valence-corrected chi connectivity index (χ0v) is 24.1. The Balaban J connectivity index is 1.87. The van der Waals surface area contributed by atoms with E-state index in [1.165, 1.54) is 18.2 Å². The van der Waals surface area contributed by atoms with Crippen molar-refractivity contribution in [1.29, 1.82) is 0 Å². The summed E-state index contributed by atoms with van der Waals surface area (Å²) in [5.74, 6) is -4.82. The third-order valence-electron chi connectivity index (χ3n) is 5.98. The van der Waals surface area contributed by atoms with Gasteiger partial charge in [0.15, 0.2) is 0 Å². The van der Waals surface area contributed by atoms with Gasteiger partial charge in [-0.05, 0) is 53.1 Å². The van der Waals surface area contributed by atoms with Crippen LogP contribution in [0.25, 0.3) is 11.6 Å². The number of nitrogens with zero attached hydrogens (tertiary/aromatic N) is 4. The minimum absolute atomic E-state index is 0.0480. The molecule has 1 unspecified atom stereocenters. The van der Waals surface area contributed by atoms with Gasteiger partial charge in [0.05, 0.1) is 11.5 Å². The minimum atomic E-state index is -5.26. The van der Waals surface area contributed by atoms with E-state index in [1.54, 1.807) is 40.8 Å². The second-order valence-electron chi connectivity index (χ2n) is 9.01. The van der Waals surface area contributed by atoms with Gasteiger partial charge in [-0.2, -0.15) is 26.3 Å². The number of ether oxygens (including phenoxy) is 2. The van der Waals surface area contributed by atoms with E-state index in [0.29, 0.717) is 5.56 Å². The fourth-order valence-electron chi connectivity index (χ4n) is 3.92. The zero-order chi connectivity index (χ0) is 32.3. The van der Waals surface area contributed by atoms with E-state index in [0.717, 1.165) is 18.2 Å². The van der Waals surface area contributed by atoms with E-state index in [4.69, 9.17) is 13.9 Å². The van der Waals surface area contributed by atoms with E-state index < -0.39 is 82.1 Å². The maximum absolute atomic E-state index is 14.7. The summed E-state index contributed by atoms with van der Waals surface area (Å²) in [5, 5.41) is 18.7. The Morgan fingerprint density at radius 2 is 1.75 bits per heavy atom. The van der Waals surface area contributed by atoms with Gasteiger partial charge in [-0.3, -0.25) is 10.1 Å². The molecule has 9 nitrogen and oxygen atoms in total. The molecule has 0 amide bonds. The SMILES string of the molecule is C=CCCC(OCc1ccccc1)(c1nnc(-c2nc(Oc3cc(F)cc(I)c3)c(C(F)(F)F)cc2[N+](=O)[O-])o1)C(F)(F)F. The summed E-state index contributed by atoms with van der Waals surface area (Å²) in [6, 6.07) is 10.8. The molecule has 2 aromatic heterocycles. The summed E-state index contributed by atoms with van der Waals surface area (Å²) >= 11 is 1.67. The first-order chi connectivity index (χ1) is 20.6. The fourth-order valence-corrected chi connectivity index (χ4v) is 4.52. The van der Waals surface area contributed by atoms with Gasteiger partial charge in [-0.1, -0.05) is 36.4 Å². The number of benzene rings is 2. The van der Waals surface area contributed by atoms with Gasteiger partial charge < -0.3 is 13.9 Å². The van der Waals surface area contributed by atoms with E-state index in [9.17, 15) is 40.8 Å². The molecule has 0 saturated heterocycles. The lowest BCUT2D eigenvalue weighted by Crippen LogP contribution is -2.45. The monoisotopic (exact) mass is 738 g/mol. The largest absolute Gasteiger partial charge is 0.438 e. The Morgan fingerprint density at radius 3 is 2.34 bits per heavy atom. The summed E-state index contributed by atoms with van der Waals surface area (Å²) in [6.07, 6.45) is -10.3. The quantitative estimate of drug-likeness (QED) is 0.0495. The highest BCUT2D eigenvalue weighted by molar-refractivity contribution is 14.1. The Labute approximate surface area is 257 Å². The van der Waals surface area contributed by atoms with Crippen molar-refractivity contribution in [3.63, 3.8) is 0 Å². The number of halogens is 8. The van der Waals surface area contributed by atoms with Crippen LogP contribution in [-0.4, -0.2) is 26.3 Å². The molecule has 0 bridgehead atoms. The van der Waals surface area contributed by atoms with Crippen LogP contribution in [-0.2, 0) is 23.1 Å². The number of allylic oxidation sites excluding steroid dienone is 1. The van der Waals surface area contributed by atoms with Crippen LogP contribution in [0, 0.1) is 19.5 Å². The number of alkyl halides is 6. The Morgan fingerprint density at radius 1 is 1.05 bits per heavy atom. The first kappa shape index (κ1) is 32.8. The summed E-state index contributed by atoms with van der Waals surface area (Å²) in [6.45, 7) is 2.85. The summed E-state index contributed by atoms with van der Waals surface area (Å²) in [5.41, 5.74) is -6.99. The molecule has 0 N–H and O–H groups in total. The molecular formula is C27H18F7IN4O5. The van der Waals surface area contributed by atoms with Crippen molar-refractivity contribution >= 4 is 28.3 Å². The molecule has 44 heavy (non-hydrogen) atoms. The zero-order valence-electron chi connectivity index (χ0n) is 22.0. The number of pyridine rings is 1. The van der Waals surface area contributed by atoms with Gasteiger partial charge >= 0.3 is 18.0 Å². The van der Waals surface area contributed by atoms with E-state index >= 15 is 0 Å². The fraction of sp³-hybridized carbons (Fsp3) is 0.222. The number of aromatic nitrogens is 3. The Hall–Kier alpha value is -4.13. The summed E-state index contributed by atoms with van der Waals surface area (Å²) in [7, 11) is 0. The molecule has 4 aromatic rings. The average molecular weight is 738 g/mol. The summed E-state index contributed by atoms with van der Waals surface area (Å²) in [4.78, 5) is 14.1. The molecule has 17 heteroatoms. The molecule has 2 aromatic carbocycles. The molecule has 0 radical (unpaired) electrons. The van der Waals surface area contributed by atoms with Crippen LogP contribution >= 0.6 is 22.6 Å². The molecule has 0 fully saturated rings. The van der Waals surface area contributed by atoms with E-state index in [2.05, 4.69) is 21.8 Å². The lowest BCUT2D eigenvalue weighted by molar-refractivity contribution is -0.384. The van der Waals surface area contributed by atoms with Crippen molar-refractivity contribution in [1.82, 2.24) is 15.2 Å². The van der Waals surface area contributed by atoms with Gasteiger partial charge in [0, 0.05) is 15.7 Å². The minimum Gasteiger partial charge on any atom is -0.438 e. The Bertz CT molecular complexity index is 1640. The summed E-state index contributed by atoms with van der Waals surface area (Å²) < 4.78 is 116. The third kappa shape index (κ3) is 7.15. The van der Waals surface area contributed by atoms with E-state index in [-0.39, 0.29) is 16.1 Å². The van der Waals surface area contributed by atoms with Crippen molar-refractivity contribution < 1.29 is 49.5 Å². The molecule has 1 atom stereocenters. The van der Waals surface area contributed by atoms with Crippen molar-refractivity contribution in [2.45, 2.75) is 37.4 Å². The number of hydrogen-bond donors (Lipinski definition) is 0. The predicted octanol–water partition coefficient (Wildman–Crippen LogP) is 8.54. The second kappa shape index (κ2) is 12.8. The molecular weight excluding hydrogens is 720 g/mol. The van der Waals surface area contributed by atoms with Gasteiger partial charge in [0.2, 0.25) is 17.2 Å². The second-order valence-corrected chi connectivity index (χ2v) is 10.3.